The Morgan fingerprint density at radius 3 is 2.52 bits per heavy atom. The molecule has 1 aliphatic rings. The number of carbonyl (C=O) groups is 1. The van der Waals surface area contributed by atoms with Crippen molar-refractivity contribution in [3.05, 3.63) is 46.2 Å². The van der Waals surface area contributed by atoms with E-state index in [2.05, 4.69) is 31.2 Å². The molecule has 120 valence electrons. The molecule has 0 radical (unpaired) electrons. The molecule has 23 heavy (non-hydrogen) atoms. The Bertz CT molecular complexity index is 696. The molecule has 2 aromatic rings. The molecule has 1 fully saturated rings. The van der Waals surface area contributed by atoms with Crippen molar-refractivity contribution in [2.24, 2.45) is 0 Å². The van der Waals surface area contributed by atoms with Gasteiger partial charge in [0.05, 0.1) is 11.3 Å². The second-order valence-corrected chi connectivity index (χ2v) is 6.61. The number of amides is 1. The molecule has 3 rings (SSSR count). The third-order valence-corrected chi connectivity index (χ3v) is 4.57. The molecule has 1 aromatic carbocycles. The number of nitrogens with one attached hydrogen (secondary N) is 1. The third kappa shape index (κ3) is 3.88. The predicted octanol–water partition coefficient (Wildman–Crippen LogP) is 3.92. The van der Waals surface area contributed by atoms with Gasteiger partial charge >= 0.3 is 0 Å². The van der Waals surface area contributed by atoms with E-state index in [1.54, 1.807) is 12.4 Å². The maximum Gasteiger partial charge on any atom is 0.256 e. The fourth-order valence-corrected chi connectivity index (χ4v) is 3.22. The first-order valence-electron chi connectivity index (χ1n) is 7.78. The monoisotopic (exact) mass is 374 g/mol. The standard InChI is InChI=1S/C17H19BrN4O/c1-12-5-6-15(14(18)9-12)21-17-19-10-13(11-20-17)16(23)22-7-3-2-4-8-22/h5-6,9-11H,2-4,7-8H2,1H3,(H,19,20,21). The zero-order chi connectivity index (χ0) is 16.2. The first-order valence-corrected chi connectivity index (χ1v) is 8.57. The highest BCUT2D eigenvalue weighted by Gasteiger charge is 2.18. The van der Waals surface area contributed by atoms with Gasteiger partial charge in [-0.1, -0.05) is 6.07 Å². The second-order valence-electron chi connectivity index (χ2n) is 5.76. The number of aromatic nitrogens is 2. The van der Waals surface area contributed by atoms with E-state index < -0.39 is 0 Å². The molecule has 0 unspecified atom stereocenters. The number of aryl methyl sites for hydroxylation is 1. The Kier molecular flexibility index (Phi) is 4.91. The minimum Gasteiger partial charge on any atom is -0.339 e. The molecule has 5 nitrogen and oxygen atoms in total. The van der Waals surface area contributed by atoms with Crippen LogP contribution in [0.3, 0.4) is 0 Å². The Morgan fingerprint density at radius 2 is 1.87 bits per heavy atom. The van der Waals surface area contributed by atoms with Crippen LogP contribution in [-0.2, 0) is 0 Å². The van der Waals surface area contributed by atoms with Crippen molar-refractivity contribution in [2.45, 2.75) is 26.2 Å². The van der Waals surface area contributed by atoms with Gasteiger partial charge in [0.15, 0.2) is 0 Å². The number of likely N-dealkylation sites (tertiary alicyclic amines) is 1. The highest BCUT2D eigenvalue weighted by atomic mass is 79.9. The molecule has 0 aliphatic carbocycles. The highest BCUT2D eigenvalue weighted by molar-refractivity contribution is 9.10. The Hall–Kier alpha value is -1.95. The summed E-state index contributed by atoms with van der Waals surface area (Å²) in [5.41, 5.74) is 2.61. The number of piperidine rings is 1. The molecule has 1 amide bonds. The van der Waals surface area contributed by atoms with E-state index in [0.717, 1.165) is 36.1 Å². The van der Waals surface area contributed by atoms with E-state index in [1.165, 1.54) is 12.0 Å². The predicted molar refractivity (Wildman–Crippen MR) is 93.9 cm³/mol. The molecule has 0 saturated carbocycles. The average molecular weight is 375 g/mol. The molecule has 1 aliphatic heterocycles. The van der Waals surface area contributed by atoms with Gasteiger partial charge in [0.1, 0.15) is 0 Å². The number of halogens is 1. The lowest BCUT2D eigenvalue weighted by atomic mass is 10.1. The van der Waals surface area contributed by atoms with E-state index >= 15 is 0 Å². The lowest BCUT2D eigenvalue weighted by molar-refractivity contribution is 0.0723. The van der Waals surface area contributed by atoms with Crippen LogP contribution in [0.2, 0.25) is 0 Å². The molecule has 6 heteroatoms. The molecule has 1 N–H and O–H groups in total. The number of benzene rings is 1. The first kappa shape index (κ1) is 15.9. The van der Waals surface area contributed by atoms with Crippen LogP contribution in [0.25, 0.3) is 0 Å². The van der Waals surface area contributed by atoms with Crippen LogP contribution >= 0.6 is 15.9 Å². The Balaban J connectivity index is 1.70. The lowest BCUT2D eigenvalue weighted by Gasteiger charge is -2.26. The minimum atomic E-state index is 0.0211. The van der Waals surface area contributed by atoms with Gasteiger partial charge in [-0.3, -0.25) is 4.79 Å². The zero-order valence-corrected chi connectivity index (χ0v) is 14.6. The average Bonchev–Trinajstić information content (AvgIpc) is 2.58. The minimum absolute atomic E-state index is 0.0211. The molecule has 1 aromatic heterocycles. The Morgan fingerprint density at radius 1 is 1.17 bits per heavy atom. The summed E-state index contributed by atoms with van der Waals surface area (Å²) < 4.78 is 0.953. The normalized spacial score (nSPS) is 14.6. The van der Waals surface area contributed by atoms with Crippen molar-refractivity contribution < 1.29 is 4.79 Å². The fraction of sp³-hybridized carbons (Fsp3) is 0.353. The van der Waals surface area contributed by atoms with Gasteiger partial charge in [-0.2, -0.15) is 0 Å². The summed E-state index contributed by atoms with van der Waals surface area (Å²) in [6, 6.07) is 6.01. The van der Waals surface area contributed by atoms with Crippen molar-refractivity contribution in [1.29, 1.82) is 0 Å². The van der Waals surface area contributed by atoms with E-state index in [-0.39, 0.29) is 5.91 Å². The van der Waals surface area contributed by atoms with Gasteiger partial charge in [-0.15, -0.1) is 0 Å². The quantitative estimate of drug-likeness (QED) is 0.884. The summed E-state index contributed by atoms with van der Waals surface area (Å²) >= 11 is 3.52. The summed E-state index contributed by atoms with van der Waals surface area (Å²) in [4.78, 5) is 22.8. The van der Waals surface area contributed by atoms with Gasteiger partial charge < -0.3 is 10.2 Å². The summed E-state index contributed by atoms with van der Waals surface area (Å²) in [5.74, 6) is 0.498. The van der Waals surface area contributed by atoms with E-state index in [0.29, 0.717) is 11.5 Å². The van der Waals surface area contributed by atoms with E-state index in [4.69, 9.17) is 0 Å². The van der Waals surface area contributed by atoms with Crippen LogP contribution in [0.5, 0.6) is 0 Å². The van der Waals surface area contributed by atoms with Gasteiger partial charge in [0.25, 0.3) is 5.91 Å². The van der Waals surface area contributed by atoms with Crippen molar-refractivity contribution >= 4 is 33.5 Å². The maximum absolute atomic E-state index is 12.4. The van der Waals surface area contributed by atoms with Crippen LogP contribution in [-0.4, -0.2) is 33.9 Å². The number of hydrogen-bond donors (Lipinski definition) is 1. The second kappa shape index (κ2) is 7.08. The van der Waals surface area contributed by atoms with Gasteiger partial charge in [0.2, 0.25) is 5.95 Å². The van der Waals surface area contributed by atoms with Crippen LogP contribution in [0.1, 0.15) is 35.2 Å². The molecule has 2 heterocycles. The summed E-state index contributed by atoms with van der Waals surface area (Å²) in [6.45, 7) is 3.69. The smallest absolute Gasteiger partial charge is 0.256 e. The Labute approximate surface area is 144 Å². The molecule has 1 saturated heterocycles. The first-order chi connectivity index (χ1) is 11.1. The number of carbonyl (C=O) groups excluding carboxylic acids is 1. The van der Waals surface area contributed by atoms with Crippen LogP contribution in [0.15, 0.2) is 35.1 Å². The summed E-state index contributed by atoms with van der Waals surface area (Å²) in [6.07, 6.45) is 6.54. The molecule has 0 bridgehead atoms. The van der Waals surface area contributed by atoms with Crippen molar-refractivity contribution in [1.82, 2.24) is 14.9 Å². The van der Waals surface area contributed by atoms with Crippen LogP contribution in [0, 0.1) is 6.92 Å². The van der Waals surface area contributed by atoms with E-state index in [1.807, 2.05) is 30.0 Å². The van der Waals surface area contributed by atoms with Crippen LogP contribution in [0.4, 0.5) is 11.6 Å². The number of nitrogens with zero attached hydrogens (tertiary/aromatic N) is 3. The van der Waals surface area contributed by atoms with Crippen molar-refractivity contribution in [3.63, 3.8) is 0 Å². The number of hydrogen-bond acceptors (Lipinski definition) is 4. The molecular formula is C17H19BrN4O. The molecule has 0 spiro atoms. The van der Waals surface area contributed by atoms with Crippen LogP contribution < -0.4 is 5.32 Å². The van der Waals surface area contributed by atoms with Gasteiger partial charge in [-0.05, 0) is 59.8 Å². The maximum atomic E-state index is 12.4. The fourth-order valence-electron chi connectivity index (χ4n) is 2.62. The van der Waals surface area contributed by atoms with Gasteiger partial charge in [-0.25, -0.2) is 9.97 Å². The lowest BCUT2D eigenvalue weighted by Crippen LogP contribution is -2.35. The summed E-state index contributed by atoms with van der Waals surface area (Å²) in [5, 5.41) is 3.15. The SMILES string of the molecule is Cc1ccc(Nc2ncc(C(=O)N3CCCCC3)cn2)c(Br)c1. The topological polar surface area (TPSA) is 58.1 Å². The number of anilines is 2. The molecular weight excluding hydrogens is 356 g/mol. The van der Waals surface area contributed by atoms with Gasteiger partial charge in [0, 0.05) is 30.0 Å². The molecule has 0 atom stereocenters. The third-order valence-electron chi connectivity index (χ3n) is 3.91. The zero-order valence-electron chi connectivity index (χ0n) is 13.1. The summed E-state index contributed by atoms with van der Waals surface area (Å²) in [7, 11) is 0. The highest BCUT2D eigenvalue weighted by Crippen LogP contribution is 2.25. The largest absolute Gasteiger partial charge is 0.339 e. The van der Waals surface area contributed by atoms with E-state index in [9.17, 15) is 4.79 Å². The van der Waals surface area contributed by atoms with Crippen molar-refractivity contribution in [2.75, 3.05) is 18.4 Å². The van der Waals surface area contributed by atoms with Crippen molar-refractivity contribution in [3.8, 4) is 0 Å². The number of rotatable bonds is 3.